The van der Waals surface area contributed by atoms with Gasteiger partial charge in [-0.25, -0.2) is 8.42 Å². The number of benzene rings is 2. The van der Waals surface area contributed by atoms with Gasteiger partial charge in [0.2, 0.25) is 15.9 Å². The molecule has 1 fully saturated rings. The Labute approximate surface area is 205 Å². The predicted octanol–water partition coefficient (Wildman–Crippen LogP) is 5.12. The van der Waals surface area contributed by atoms with Crippen LogP contribution in [0.15, 0.2) is 44.9 Å². The molecule has 0 amide bonds. The summed E-state index contributed by atoms with van der Waals surface area (Å²) in [5.41, 5.74) is 5.45. The van der Waals surface area contributed by atoms with Crippen molar-refractivity contribution in [2.24, 2.45) is 0 Å². The Morgan fingerprint density at radius 1 is 1.00 bits per heavy atom. The van der Waals surface area contributed by atoms with E-state index in [2.05, 4.69) is 16.3 Å². The lowest BCUT2D eigenvalue weighted by atomic mass is 9.92. The SMILES string of the molecule is Cc1cc(C)c(C)c(C(=O)CSc2nnc(-c3cccc(S(=O)(=O)N4CCCCC4)c3)o2)c1C. The number of Topliss-reactive ketones (excluding diaryl/α,β-unsaturated/α-hetero) is 1. The molecule has 0 aliphatic carbocycles. The summed E-state index contributed by atoms with van der Waals surface area (Å²) in [5, 5.41) is 8.40. The predicted molar refractivity (Wildman–Crippen MR) is 133 cm³/mol. The highest BCUT2D eigenvalue weighted by Gasteiger charge is 2.26. The van der Waals surface area contributed by atoms with Crippen LogP contribution in [0.5, 0.6) is 0 Å². The summed E-state index contributed by atoms with van der Waals surface area (Å²) in [5.74, 6) is 0.417. The summed E-state index contributed by atoms with van der Waals surface area (Å²) >= 11 is 1.18. The molecule has 1 aliphatic rings. The number of nitrogens with zero attached hydrogens (tertiary/aromatic N) is 3. The molecule has 3 aromatic rings. The number of piperidine rings is 1. The molecule has 0 radical (unpaired) electrons. The summed E-state index contributed by atoms with van der Waals surface area (Å²) in [7, 11) is -3.56. The number of hydrogen-bond donors (Lipinski definition) is 0. The number of aromatic nitrogens is 2. The molecule has 0 atom stereocenters. The lowest BCUT2D eigenvalue weighted by Crippen LogP contribution is -2.35. The molecule has 0 N–H and O–H groups in total. The molecule has 4 rings (SSSR count). The van der Waals surface area contributed by atoms with Crippen LogP contribution in [0.4, 0.5) is 0 Å². The molecule has 0 unspecified atom stereocenters. The van der Waals surface area contributed by atoms with E-state index in [1.54, 1.807) is 24.3 Å². The number of rotatable bonds is 7. The molecular weight excluding hydrogens is 470 g/mol. The van der Waals surface area contributed by atoms with Gasteiger partial charge in [-0.3, -0.25) is 4.79 Å². The number of thioether (sulfide) groups is 1. The van der Waals surface area contributed by atoms with E-state index >= 15 is 0 Å². The first-order valence-corrected chi connectivity index (χ1v) is 13.8. The monoisotopic (exact) mass is 499 g/mol. The number of carbonyl (C=O) groups excluding carboxylic acids is 1. The van der Waals surface area contributed by atoms with E-state index in [9.17, 15) is 13.2 Å². The number of hydrogen-bond acceptors (Lipinski definition) is 7. The summed E-state index contributed by atoms with van der Waals surface area (Å²) < 4.78 is 33.3. The summed E-state index contributed by atoms with van der Waals surface area (Å²) in [6.45, 7) is 9.04. The van der Waals surface area contributed by atoms with Crippen LogP contribution in [0.2, 0.25) is 0 Å². The van der Waals surface area contributed by atoms with Crippen molar-refractivity contribution in [1.82, 2.24) is 14.5 Å². The molecule has 1 saturated heterocycles. The average molecular weight is 500 g/mol. The van der Waals surface area contributed by atoms with E-state index in [-0.39, 0.29) is 27.5 Å². The number of aryl methyl sites for hydroxylation is 2. The van der Waals surface area contributed by atoms with E-state index in [0.29, 0.717) is 18.7 Å². The Bertz CT molecular complexity index is 1300. The molecule has 180 valence electrons. The van der Waals surface area contributed by atoms with Crippen LogP contribution in [0.25, 0.3) is 11.5 Å². The molecule has 2 aromatic carbocycles. The van der Waals surface area contributed by atoms with Crippen molar-refractivity contribution < 1.29 is 17.6 Å². The second kappa shape index (κ2) is 10.0. The normalized spacial score (nSPS) is 14.9. The Hall–Kier alpha value is -2.49. The second-order valence-corrected chi connectivity index (χ2v) is 11.6. The van der Waals surface area contributed by atoms with Crippen molar-refractivity contribution in [3.8, 4) is 11.5 Å². The van der Waals surface area contributed by atoms with Gasteiger partial charge in [-0.2, -0.15) is 4.31 Å². The van der Waals surface area contributed by atoms with Crippen molar-refractivity contribution in [1.29, 1.82) is 0 Å². The van der Waals surface area contributed by atoms with Gasteiger partial charge in [-0.1, -0.05) is 30.3 Å². The lowest BCUT2D eigenvalue weighted by Gasteiger charge is -2.25. The smallest absolute Gasteiger partial charge is 0.277 e. The molecule has 7 nitrogen and oxygen atoms in total. The topological polar surface area (TPSA) is 93.4 Å². The maximum Gasteiger partial charge on any atom is 0.277 e. The minimum atomic E-state index is -3.56. The number of carbonyl (C=O) groups is 1. The molecule has 0 bridgehead atoms. The number of sulfonamides is 1. The van der Waals surface area contributed by atoms with Crippen LogP contribution in [0.3, 0.4) is 0 Å². The van der Waals surface area contributed by atoms with Gasteiger partial charge in [-0.15, -0.1) is 10.2 Å². The highest BCUT2D eigenvalue weighted by atomic mass is 32.2. The van der Waals surface area contributed by atoms with Crippen LogP contribution in [0, 0.1) is 27.7 Å². The minimum Gasteiger partial charge on any atom is -0.411 e. The fourth-order valence-electron chi connectivity index (χ4n) is 4.26. The minimum absolute atomic E-state index is 0.0150. The molecule has 34 heavy (non-hydrogen) atoms. The van der Waals surface area contributed by atoms with Gasteiger partial charge in [0, 0.05) is 24.2 Å². The molecule has 0 saturated carbocycles. The van der Waals surface area contributed by atoms with Crippen molar-refractivity contribution >= 4 is 27.6 Å². The van der Waals surface area contributed by atoms with Crippen LogP contribution >= 0.6 is 11.8 Å². The van der Waals surface area contributed by atoms with Crippen LogP contribution in [0.1, 0.15) is 51.9 Å². The van der Waals surface area contributed by atoms with Crippen molar-refractivity contribution in [2.45, 2.75) is 57.1 Å². The van der Waals surface area contributed by atoms with E-state index < -0.39 is 10.0 Å². The van der Waals surface area contributed by atoms with Gasteiger partial charge in [0.15, 0.2) is 5.78 Å². The standard InChI is InChI=1S/C25H29N3O4S2/c1-16-13-17(2)19(4)23(18(16)3)22(29)15-33-25-27-26-24(32-25)20-9-8-10-21(14-20)34(30,31)28-11-6-5-7-12-28/h8-10,13-14H,5-7,11-12,15H2,1-4H3. The second-order valence-electron chi connectivity index (χ2n) is 8.71. The summed E-state index contributed by atoms with van der Waals surface area (Å²) in [6, 6.07) is 8.67. The third-order valence-electron chi connectivity index (χ3n) is 6.41. The molecule has 2 heterocycles. The van der Waals surface area contributed by atoms with Gasteiger partial charge in [0.1, 0.15) is 0 Å². The van der Waals surface area contributed by atoms with Gasteiger partial charge in [0.05, 0.1) is 10.6 Å². The fraction of sp³-hybridized carbons (Fsp3) is 0.400. The van der Waals surface area contributed by atoms with E-state index in [1.165, 1.54) is 16.1 Å². The molecule has 1 aliphatic heterocycles. The van der Waals surface area contributed by atoms with Crippen molar-refractivity contribution in [3.63, 3.8) is 0 Å². The van der Waals surface area contributed by atoms with Crippen molar-refractivity contribution in [3.05, 3.63) is 58.1 Å². The third kappa shape index (κ3) is 4.96. The molecule has 0 spiro atoms. The quantitative estimate of drug-likeness (QED) is 0.329. The van der Waals surface area contributed by atoms with E-state index in [1.807, 2.05) is 27.7 Å². The van der Waals surface area contributed by atoms with Gasteiger partial charge < -0.3 is 4.42 Å². The van der Waals surface area contributed by atoms with Gasteiger partial charge in [-0.05, 0) is 81.0 Å². The zero-order valence-electron chi connectivity index (χ0n) is 19.9. The van der Waals surface area contributed by atoms with Crippen LogP contribution in [-0.4, -0.2) is 47.5 Å². The third-order valence-corrected chi connectivity index (χ3v) is 9.12. The Balaban J connectivity index is 1.49. The van der Waals surface area contributed by atoms with Crippen molar-refractivity contribution in [2.75, 3.05) is 18.8 Å². The highest BCUT2D eigenvalue weighted by molar-refractivity contribution is 7.99. The van der Waals surface area contributed by atoms with Gasteiger partial charge in [0.25, 0.3) is 5.22 Å². The first-order valence-electron chi connectivity index (χ1n) is 11.4. The largest absolute Gasteiger partial charge is 0.411 e. The lowest BCUT2D eigenvalue weighted by molar-refractivity contribution is 0.102. The Morgan fingerprint density at radius 2 is 1.68 bits per heavy atom. The van der Waals surface area contributed by atoms with E-state index in [4.69, 9.17) is 4.42 Å². The first-order chi connectivity index (χ1) is 16.2. The van der Waals surface area contributed by atoms with Crippen LogP contribution < -0.4 is 0 Å². The number of ketones is 1. The average Bonchev–Trinajstić information content (AvgIpc) is 3.31. The maximum atomic E-state index is 13.0. The first kappa shape index (κ1) is 24.6. The van der Waals surface area contributed by atoms with Crippen LogP contribution in [-0.2, 0) is 10.0 Å². The maximum absolute atomic E-state index is 13.0. The van der Waals surface area contributed by atoms with Gasteiger partial charge >= 0.3 is 0 Å². The zero-order valence-corrected chi connectivity index (χ0v) is 21.6. The fourth-order valence-corrected chi connectivity index (χ4v) is 6.46. The summed E-state index contributed by atoms with van der Waals surface area (Å²) in [4.78, 5) is 13.2. The molecule has 9 heteroatoms. The Morgan fingerprint density at radius 3 is 2.35 bits per heavy atom. The molecule has 1 aromatic heterocycles. The summed E-state index contributed by atoms with van der Waals surface area (Å²) in [6.07, 6.45) is 2.81. The molecular formula is C25H29N3O4S2. The van der Waals surface area contributed by atoms with E-state index in [0.717, 1.165) is 47.1 Å². The highest BCUT2D eigenvalue weighted by Crippen LogP contribution is 2.29. The Kier molecular flexibility index (Phi) is 7.25. The zero-order chi connectivity index (χ0) is 24.5.